The zero-order chi connectivity index (χ0) is 12.6. The van der Waals surface area contributed by atoms with E-state index < -0.39 is 19.8 Å². The van der Waals surface area contributed by atoms with Gasteiger partial charge in [0.15, 0.2) is 0 Å². The topological polar surface area (TPSA) is 9.23 Å². The minimum Gasteiger partial charge on any atom is -0.497 e. The standard InChI is InChI=1S/C11H15F3OSi/c1-15-9-5-8(11(12,13)14)6-10(7-9)16(2,3)4/h5-7H,1-4H3. The molecule has 0 atom stereocenters. The van der Waals surface area contributed by atoms with Gasteiger partial charge in [-0.1, -0.05) is 30.9 Å². The lowest BCUT2D eigenvalue weighted by Gasteiger charge is -2.19. The van der Waals surface area contributed by atoms with Crippen LogP contribution in [0.2, 0.25) is 19.6 Å². The molecule has 0 saturated carbocycles. The van der Waals surface area contributed by atoms with Crippen molar-refractivity contribution >= 4 is 13.3 Å². The van der Waals surface area contributed by atoms with E-state index in [9.17, 15) is 13.2 Å². The quantitative estimate of drug-likeness (QED) is 0.730. The number of ether oxygens (including phenoxy) is 1. The maximum atomic E-state index is 12.6. The number of benzene rings is 1. The minimum atomic E-state index is -4.32. The highest BCUT2D eigenvalue weighted by Crippen LogP contribution is 2.31. The largest absolute Gasteiger partial charge is 0.497 e. The molecule has 0 aliphatic rings. The van der Waals surface area contributed by atoms with Gasteiger partial charge in [0.25, 0.3) is 0 Å². The van der Waals surface area contributed by atoms with Crippen LogP contribution in [-0.4, -0.2) is 15.2 Å². The second kappa shape index (κ2) is 4.12. The Kier molecular flexibility index (Phi) is 3.37. The normalized spacial score (nSPS) is 12.7. The van der Waals surface area contributed by atoms with Gasteiger partial charge in [0.05, 0.1) is 20.7 Å². The fourth-order valence-corrected chi connectivity index (χ4v) is 2.48. The fourth-order valence-electron chi connectivity index (χ4n) is 1.31. The van der Waals surface area contributed by atoms with Crippen LogP contribution >= 0.6 is 0 Å². The van der Waals surface area contributed by atoms with E-state index in [1.165, 1.54) is 13.2 Å². The Morgan fingerprint density at radius 2 is 1.62 bits per heavy atom. The average molecular weight is 248 g/mol. The smallest absolute Gasteiger partial charge is 0.416 e. The Bertz CT molecular complexity index is 348. The minimum absolute atomic E-state index is 0.271. The van der Waals surface area contributed by atoms with Gasteiger partial charge < -0.3 is 4.74 Å². The molecule has 0 amide bonds. The zero-order valence-corrected chi connectivity index (χ0v) is 10.8. The highest BCUT2D eigenvalue weighted by molar-refractivity contribution is 6.88. The third kappa shape index (κ3) is 3.01. The van der Waals surface area contributed by atoms with Gasteiger partial charge >= 0.3 is 6.18 Å². The Morgan fingerprint density at radius 3 is 2.00 bits per heavy atom. The van der Waals surface area contributed by atoms with Crippen molar-refractivity contribution in [1.82, 2.24) is 0 Å². The molecule has 90 valence electrons. The number of halogens is 3. The van der Waals surface area contributed by atoms with Gasteiger partial charge in [-0.25, -0.2) is 0 Å². The number of hydrogen-bond donors (Lipinski definition) is 0. The molecule has 0 aliphatic heterocycles. The molecule has 1 aromatic rings. The SMILES string of the molecule is COc1cc(C(F)(F)F)cc([Si](C)(C)C)c1. The summed E-state index contributed by atoms with van der Waals surface area (Å²) in [5, 5.41) is 0.749. The summed E-state index contributed by atoms with van der Waals surface area (Å²) in [5.41, 5.74) is -0.635. The zero-order valence-electron chi connectivity index (χ0n) is 9.77. The second-order valence-corrected chi connectivity index (χ2v) is 9.78. The highest BCUT2D eigenvalue weighted by Gasteiger charge is 2.32. The van der Waals surface area contributed by atoms with Crippen molar-refractivity contribution in [2.75, 3.05) is 7.11 Å². The van der Waals surface area contributed by atoms with Crippen LogP contribution < -0.4 is 9.92 Å². The molecular weight excluding hydrogens is 233 g/mol. The van der Waals surface area contributed by atoms with E-state index in [0.717, 1.165) is 11.3 Å². The maximum Gasteiger partial charge on any atom is 0.416 e. The number of alkyl halides is 3. The first kappa shape index (κ1) is 13.1. The molecule has 5 heteroatoms. The molecule has 0 N–H and O–H groups in total. The first-order chi connectivity index (χ1) is 7.14. The van der Waals surface area contributed by atoms with E-state index in [2.05, 4.69) is 0 Å². The van der Waals surface area contributed by atoms with E-state index in [0.29, 0.717) is 0 Å². The van der Waals surface area contributed by atoms with Crippen LogP contribution in [0.4, 0.5) is 13.2 Å². The number of methoxy groups -OCH3 is 1. The molecule has 0 unspecified atom stereocenters. The molecule has 1 nitrogen and oxygen atoms in total. The van der Waals surface area contributed by atoms with Crippen molar-refractivity contribution < 1.29 is 17.9 Å². The van der Waals surface area contributed by atoms with Crippen molar-refractivity contribution in [2.24, 2.45) is 0 Å². The lowest BCUT2D eigenvalue weighted by molar-refractivity contribution is -0.137. The summed E-state index contributed by atoms with van der Waals surface area (Å²) >= 11 is 0. The van der Waals surface area contributed by atoms with Crippen LogP contribution in [0.15, 0.2) is 18.2 Å². The Hall–Kier alpha value is -0.973. The summed E-state index contributed by atoms with van der Waals surface area (Å²) in [5.74, 6) is 0.271. The molecule has 0 aliphatic carbocycles. The van der Waals surface area contributed by atoms with Gasteiger partial charge in [-0.2, -0.15) is 13.2 Å². The van der Waals surface area contributed by atoms with Crippen molar-refractivity contribution in [3.8, 4) is 5.75 Å². The Morgan fingerprint density at radius 1 is 1.06 bits per heavy atom. The van der Waals surface area contributed by atoms with Crippen molar-refractivity contribution in [3.63, 3.8) is 0 Å². The highest BCUT2D eigenvalue weighted by atomic mass is 28.3. The molecular formula is C11H15F3OSi. The van der Waals surface area contributed by atoms with E-state index in [1.807, 2.05) is 19.6 Å². The predicted molar refractivity (Wildman–Crippen MR) is 61.0 cm³/mol. The lowest BCUT2D eigenvalue weighted by Crippen LogP contribution is -2.38. The fraction of sp³-hybridized carbons (Fsp3) is 0.455. The van der Waals surface area contributed by atoms with Gasteiger partial charge in [-0.05, 0) is 12.1 Å². The summed E-state index contributed by atoms with van der Waals surface area (Å²) in [6, 6.07) is 3.96. The first-order valence-electron chi connectivity index (χ1n) is 4.91. The van der Waals surface area contributed by atoms with Gasteiger partial charge in [0, 0.05) is 0 Å². The summed E-state index contributed by atoms with van der Waals surface area (Å²) in [7, 11) is -0.393. The molecule has 0 radical (unpaired) electrons. The molecule has 0 aromatic heterocycles. The number of rotatable bonds is 2. The maximum absolute atomic E-state index is 12.6. The second-order valence-electron chi connectivity index (χ2n) is 4.70. The van der Waals surface area contributed by atoms with E-state index in [1.54, 1.807) is 6.07 Å². The molecule has 0 spiro atoms. The van der Waals surface area contributed by atoms with Crippen LogP contribution in [0.3, 0.4) is 0 Å². The van der Waals surface area contributed by atoms with Crippen molar-refractivity contribution in [2.45, 2.75) is 25.8 Å². The molecule has 0 heterocycles. The van der Waals surface area contributed by atoms with Crippen molar-refractivity contribution in [3.05, 3.63) is 23.8 Å². The number of hydrogen-bond acceptors (Lipinski definition) is 1. The predicted octanol–water partition coefficient (Wildman–Crippen LogP) is 3.26. The van der Waals surface area contributed by atoms with Gasteiger partial charge in [-0.15, -0.1) is 0 Å². The first-order valence-corrected chi connectivity index (χ1v) is 8.41. The van der Waals surface area contributed by atoms with Crippen LogP contribution in [0.1, 0.15) is 5.56 Å². The Labute approximate surface area is 94.2 Å². The van der Waals surface area contributed by atoms with Crippen LogP contribution in [-0.2, 0) is 6.18 Å². The van der Waals surface area contributed by atoms with E-state index in [-0.39, 0.29) is 5.75 Å². The summed E-state index contributed by atoms with van der Waals surface area (Å²) in [6.07, 6.45) is -4.32. The summed E-state index contributed by atoms with van der Waals surface area (Å²) in [4.78, 5) is 0. The summed E-state index contributed by atoms with van der Waals surface area (Å²) < 4.78 is 42.8. The molecule has 0 bridgehead atoms. The third-order valence-corrected chi connectivity index (χ3v) is 4.36. The molecule has 0 saturated heterocycles. The monoisotopic (exact) mass is 248 g/mol. The Balaban J connectivity index is 3.33. The van der Waals surface area contributed by atoms with Gasteiger partial charge in [0.1, 0.15) is 5.75 Å². The van der Waals surface area contributed by atoms with Crippen LogP contribution in [0.25, 0.3) is 0 Å². The molecule has 16 heavy (non-hydrogen) atoms. The lowest BCUT2D eigenvalue weighted by atomic mass is 10.2. The van der Waals surface area contributed by atoms with E-state index >= 15 is 0 Å². The average Bonchev–Trinajstić information content (AvgIpc) is 2.14. The third-order valence-electron chi connectivity index (χ3n) is 2.34. The molecule has 0 fully saturated rings. The molecule has 1 rings (SSSR count). The molecule has 1 aromatic carbocycles. The van der Waals surface area contributed by atoms with Gasteiger partial charge in [-0.3, -0.25) is 0 Å². The summed E-state index contributed by atoms with van der Waals surface area (Å²) in [6.45, 7) is 6.01. The van der Waals surface area contributed by atoms with Crippen LogP contribution in [0.5, 0.6) is 5.75 Å². The van der Waals surface area contributed by atoms with E-state index in [4.69, 9.17) is 4.74 Å². The van der Waals surface area contributed by atoms with Gasteiger partial charge in [0.2, 0.25) is 0 Å². The van der Waals surface area contributed by atoms with Crippen LogP contribution in [0, 0.1) is 0 Å². The van der Waals surface area contributed by atoms with Crippen molar-refractivity contribution in [1.29, 1.82) is 0 Å².